The topological polar surface area (TPSA) is 49.4 Å². The highest BCUT2D eigenvalue weighted by Gasteiger charge is 2.33. The van der Waals surface area contributed by atoms with E-state index in [4.69, 9.17) is 11.6 Å². The van der Waals surface area contributed by atoms with Crippen molar-refractivity contribution in [1.82, 2.24) is 4.90 Å². The first-order valence-corrected chi connectivity index (χ1v) is 10.6. The van der Waals surface area contributed by atoms with Crippen LogP contribution in [-0.2, 0) is 9.59 Å². The van der Waals surface area contributed by atoms with Crippen molar-refractivity contribution >= 4 is 29.1 Å². The Morgan fingerprint density at radius 3 is 2.37 bits per heavy atom. The highest BCUT2D eigenvalue weighted by molar-refractivity contribution is 6.34. The number of anilines is 1. The lowest BCUT2D eigenvalue weighted by Gasteiger charge is -2.35. The van der Waals surface area contributed by atoms with Gasteiger partial charge < -0.3 is 10.2 Å². The third kappa shape index (κ3) is 4.84. The molecule has 5 heteroatoms. The number of carbonyl (C=O) groups excluding carboxylic acids is 2. The van der Waals surface area contributed by atoms with Crippen molar-refractivity contribution in [3.63, 3.8) is 0 Å². The molecule has 1 saturated heterocycles. The fourth-order valence-electron chi connectivity index (χ4n) is 4.55. The molecule has 2 amide bonds. The van der Waals surface area contributed by atoms with Crippen molar-refractivity contribution in [2.45, 2.75) is 59.3 Å². The van der Waals surface area contributed by atoms with Crippen LogP contribution in [0.4, 0.5) is 5.69 Å². The van der Waals surface area contributed by atoms with Crippen LogP contribution in [0.5, 0.6) is 0 Å². The van der Waals surface area contributed by atoms with Gasteiger partial charge in [0.15, 0.2) is 0 Å². The summed E-state index contributed by atoms with van der Waals surface area (Å²) in [5, 5.41) is 3.61. The van der Waals surface area contributed by atoms with Crippen molar-refractivity contribution < 1.29 is 9.59 Å². The second-order valence-electron chi connectivity index (χ2n) is 8.51. The van der Waals surface area contributed by atoms with Crippen LogP contribution in [0.1, 0.15) is 56.6 Å². The first-order valence-electron chi connectivity index (χ1n) is 10.2. The average Bonchev–Trinajstić information content (AvgIpc) is 2.64. The van der Waals surface area contributed by atoms with Crippen molar-refractivity contribution in [2.75, 3.05) is 18.4 Å². The summed E-state index contributed by atoms with van der Waals surface area (Å²) in [6, 6.07) is 3.90. The standard InChI is InChI=1S/C22H31ClN2O2/c1-14-5-4-10-25(13-14)22(27)18-8-6-17(7-9-18)21(26)24-20-16(3)11-15(2)12-19(20)23/h11-12,14,17-18H,4-10,13H2,1-3H3,(H,24,26). The maximum atomic E-state index is 12.8. The number of carbonyl (C=O) groups is 2. The van der Waals surface area contributed by atoms with Gasteiger partial charge >= 0.3 is 0 Å². The monoisotopic (exact) mass is 390 g/mol. The Balaban J connectivity index is 1.54. The number of benzene rings is 1. The van der Waals surface area contributed by atoms with Gasteiger partial charge in [0.05, 0.1) is 10.7 Å². The normalized spacial score (nSPS) is 25.9. The smallest absolute Gasteiger partial charge is 0.227 e. The van der Waals surface area contributed by atoms with Crippen LogP contribution in [0, 0.1) is 31.6 Å². The molecule has 0 spiro atoms. The van der Waals surface area contributed by atoms with E-state index in [2.05, 4.69) is 17.1 Å². The number of hydrogen-bond acceptors (Lipinski definition) is 2. The average molecular weight is 391 g/mol. The molecule has 4 nitrogen and oxygen atoms in total. The second kappa shape index (κ2) is 8.64. The number of piperidine rings is 1. The molecule has 1 heterocycles. The summed E-state index contributed by atoms with van der Waals surface area (Å²) < 4.78 is 0. The molecule has 2 fully saturated rings. The third-order valence-corrected chi connectivity index (χ3v) is 6.39. The maximum absolute atomic E-state index is 12.8. The zero-order chi connectivity index (χ0) is 19.6. The number of amides is 2. The van der Waals surface area contributed by atoms with Crippen LogP contribution in [0.3, 0.4) is 0 Å². The Hall–Kier alpha value is -1.55. The zero-order valence-electron chi connectivity index (χ0n) is 16.7. The summed E-state index contributed by atoms with van der Waals surface area (Å²) in [7, 11) is 0. The number of rotatable bonds is 3. The SMILES string of the molecule is Cc1cc(C)c(NC(=O)C2CCC(C(=O)N3CCCC(C)C3)CC2)c(Cl)c1. The van der Waals surface area contributed by atoms with Crippen LogP contribution < -0.4 is 5.32 Å². The van der Waals surface area contributed by atoms with Gasteiger partial charge in [-0.05, 0) is 75.5 Å². The van der Waals surface area contributed by atoms with Crippen LogP contribution in [0.15, 0.2) is 12.1 Å². The van der Waals surface area contributed by atoms with Crippen LogP contribution in [0.25, 0.3) is 0 Å². The molecule has 1 saturated carbocycles. The lowest BCUT2D eigenvalue weighted by atomic mass is 9.80. The van der Waals surface area contributed by atoms with Crippen LogP contribution >= 0.6 is 11.6 Å². The van der Waals surface area contributed by atoms with Crippen molar-refractivity contribution in [1.29, 1.82) is 0 Å². The van der Waals surface area contributed by atoms with Gasteiger partial charge in [0.1, 0.15) is 0 Å². The van der Waals surface area contributed by atoms with E-state index in [1.807, 2.05) is 26.0 Å². The summed E-state index contributed by atoms with van der Waals surface area (Å²) in [5.74, 6) is 0.988. The van der Waals surface area contributed by atoms with Gasteiger partial charge in [-0.3, -0.25) is 9.59 Å². The molecule has 3 rings (SSSR count). The van der Waals surface area contributed by atoms with Gasteiger partial charge in [0.2, 0.25) is 11.8 Å². The number of nitrogens with one attached hydrogen (secondary N) is 1. The van der Waals surface area contributed by atoms with E-state index < -0.39 is 0 Å². The molecule has 1 unspecified atom stereocenters. The van der Waals surface area contributed by atoms with Gasteiger partial charge in [0.25, 0.3) is 0 Å². The Bertz CT molecular complexity index is 687. The third-order valence-electron chi connectivity index (χ3n) is 6.10. The fourth-order valence-corrected chi connectivity index (χ4v) is 4.92. The molecule has 1 N–H and O–H groups in total. The summed E-state index contributed by atoms with van der Waals surface area (Å²) in [4.78, 5) is 27.6. The van der Waals surface area contributed by atoms with E-state index >= 15 is 0 Å². The first kappa shape index (κ1) is 20.2. The fraction of sp³-hybridized carbons (Fsp3) is 0.636. The van der Waals surface area contributed by atoms with E-state index in [1.165, 1.54) is 6.42 Å². The number of likely N-dealkylation sites (tertiary alicyclic amines) is 1. The first-order chi connectivity index (χ1) is 12.8. The molecule has 1 atom stereocenters. The van der Waals surface area contributed by atoms with Gasteiger partial charge in [-0.25, -0.2) is 0 Å². The second-order valence-corrected chi connectivity index (χ2v) is 8.92. The lowest BCUT2D eigenvalue weighted by Crippen LogP contribution is -2.43. The van der Waals surface area contributed by atoms with E-state index in [1.54, 1.807) is 0 Å². The maximum Gasteiger partial charge on any atom is 0.227 e. The summed E-state index contributed by atoms with van der Waals surface area (Å²) in [5.41, 5.74) is 2.78. The molecule has 1 aromatic carbocycles. The van der Waals surface area contributed by atoms with Gasteiger partial charge in [-0.2, -0.15) is 0 Å². The molecule has 27 heavy (non-hydrogen) atoms. The van der Waals surface area contributed by atoms with Gasteiger partial charge in [0, 0.05) is 24.9 Å². The van der Waals surface area contributed by atoms with Crippen LogP contribution in [0.2, 0.25) is 5.02 Å². The quantitative estimate of drug-likeness (QED) is 0.792. The highest BCUT2D eigenvalue weighted by atomic mass is 35.5. The van der Waals surface area contributed by atoms with Crippen LogP contribution in [-0.4, -0.2) is 29.8 Å². The number of aryl methyl sites for hydroxylation is 2. The largest absolute Gasteiger partial charge is 0.342 e. The summed E-state index contributed by atoms with van der Waals surface area (Å²) >= 11 is 6.32. The van der Waals surface area contributed by atoms with Crippen molar-refractivity contribution in [3.05, 3.63) is 28.3 Å². The predicted molar refractivity (Wildman–Crippen MR) is 110 cm³/mol. The van der Waals surface area contributed by atoms with Crippen molar-refractivity contribution in [3.8, 4) is 0 Å². The van der Waals surface area contributed by atoms with E-state index in [9.17, 15) is 9.59 Å². The van der Waals surface area contributed by atoms with E-state index in [0.717, 1.165) is 56.3 Å². The minimum absolute atomic E-state index is 0.0290. The molecular formula is C22H31ClN2O2. The van der Waals surface area contributed by atoms with E-state index in [-0.39, 0.29) is 17.7 Å². The molecule has 148 valence electrons. The summed E-state index contributed by atoms with van der Waals surface area (Å²) in [6.07, 6.45) is 5.49. The number of nitrogens with zero attached hydrogens (tertiary/aromatic N) is 1. The summed E-state index contributed by atoms with van der Waals surface area (Å²) in [6.45, 7) is 7.97. The van der Waals surface area contributed by atoms with Crippen molar-refractivity contribution in [2.24, 2.45) is 17.8 Å². The predicted octanol–water partition coefficient (Wildman–Crippen LogP) is 4.96. The molecule has 1 aliphatic carbocycles. The molecule has 2 aliphatic rings. The highest BCUT2D eigenvalue weighted by Crippen LogP contribution is 2.33. The molecular weight excluding hydrogens is 360 g/mol. The van der Waals surface area contributed by atoms with Gasteiger partial charge in [-0.15, -0.1) is 0 Å². The minimum Gasteiger partial charge on any atom is -0.342 e. The molecule has 1 aromatic rings. The molecule has 1 aliphatic heterocycles. The molecule has 0 radical (unpaired) electrons. The Morgan fingerprint density at radius 2 is 1.74 bits per heavy atom. The Kier molecular flexibility index (Phi) is 6.46. The van der Waals surface area contributed by atoms with Gasteiger partial charge in [-0.1, -0.05) is 24.6 Å². The minimum atomic E-state index is -0.0360. The molecule has 0 aromatic heterocycles. The zero-order valence-corrected chi connectivity index (χ0v) is 17.4. The molecule has 0 bridgehead atoms. The Morgan fingerprint density at radius 1 is 1.07 bits per heavy atom. The van der Waals surface area contributed by atoms with E-state index in [0.29, 0.717) is 22.5 Å². The number of halogens is 1. The lowest BCUT2D eigenvalue weighted by molar-refractivity contribution is -0.139. The Labute approximate surface area is 167 Å². The number of hydrogen-bond donors (Lipinski definition) is 1.